The Balaban J connectivity index is 2.31. The second kappa shape index (κ2) is 4.53. The smallest absolute Gasteiger partial charge is 0.212 e. The fourth-order valence-corrected chi connectivity index (χ4v) is 1.32. The zero-order chi connectivity index (χ0) is 11.4. The van der Waals surface area contributed by atoms with E-state index in [1.165, 1.54) is 0 Å². The van der Waals surface area contributed by atoms with E-state index in [4.69, 9.17) is 4.74 Å². The van der Waals surface area contributed by atoms with Gasteiger partial charge in [-0.25, -0.2) is 4.98 Å². The molecule has 80 valence electrons. The summed E-state index contributed by atoms with van der Waals surface area (Å²) in [4.78, 5) is 18.5. The summed E-state index contributed by atoms with van der Waals surface area (Å²) < 4.78 is 4.97. The van der Waals surface area contributed by atoms with Gasteiger partial charge in [-0.05, 0) is 12.1 Å². The van der Waals surface area contributed by atoms with Crippen LogP contribution in [0.3, 0.4) is 0 Å². The molecule has 0 aliphatic rings. The van der Waals surface area contributed by atoms with Gasteiger partial charge in [0, 0.05) is 29.6 Å². The number of pyridine rings is 2. The second-order valence-electron chi connectivity index (χ2n) is 3.18. The summed E-state index contributed by atoms with van der Waals surface area (Å²) in [7, 11) is 1.57. The predicted octanol–water partition coefficient (Wildman–Crippen LogP) is 1.96. The fourth-order valence-electron chi connectivity index (χ4n) is 1.32. The standard InChI is InChI=1S/C12H10N2O2/c1-16-12-5-3-10(7-14-12)9-2-4-11(8-15)13-6-9/h2-8H,1H3. The molecule has 0 aliphatic heterocycles. The summed E-state index contributed by atoms with van der Waals surface area (Å²) in [6.07, 6.45) is 4.07. The maximum atomic E-state index is 10.4. The highest BCUT2D eigenvalue weighted by atomic mass is 16.5. The lowest BCUT2D eigenvalue weighted by Gasteiger charge is -2.02. The number of rotatable bonds is 3. The van der Waals surface area contributed by atoms with Crippen molar-refractivity contribution in [3.05, 3.63) is 42.4 Å². The third-order valence-electron chi connectivity index (χ3n) is 2.19. The van der Waals surface area contributed by atoms with Crippen molar-refractivity contribution in [1.82, 2.24) is 9.97 Å². The van der Waals surface area contributed by atoms with E-state index in [9.17, 15) is 4.79 Å². The first-order valence-corrected chi connectivity index (χ1v) is 4.75. The molecule has 0 atom stereocenters. The molecule has 0 saturated carbocycles. The van der Waals surface area contributed by atoms with Gasteiger partial charge in [0.15, 0.2) is 6.29 Å². The van der Waals surface area contributed by atoms with Gasteiger partial charge < -0.3 is 4.74 Å². The molecule has 0 saturated heterocycles. The minimum atomic E-state index is 0.422. The van der Waals surface area contributed by atoms with Crippen molar-refractivity contribution in [1.29, 1.82) is 0 Å². The number of carbonyl (C=O) groups excluding carboxylic acids is 1. The van der Waals surface area contributed by atoms with Crippen LogP contribution in [0.1, 0.15) is 10.5 Å². The zero-order valence-electron chi connectivity index (χ0n) is 8.75. The maximum Gasteiger partial charge on any atom is 0.212 e. The van der Waals surface area contributed by atoms with Gasteiger partial charge in [-0.3, -0.25) is 9.78 Å². The Morgan fingerprint density at radius 1 is 1.06 bits per heavy atom. The Bertz CT molecular complexity index is 477. The van der Waals surface area contributed by atoms with Crippen molar-refractivity contribution in [3.8, 4) is 17.0 Å². The van der Waals surface area contributed by atoms with E-state index < -0.39 is 0 Å². The summed E-state index contributed by atoms with van der Waals surface area (Å²) in [6, 6.07) is 7.18. The van der Waals surface area contributed by atoms with Gasteiger partial charge in [-0.15, -0.1) is 0 Å². The molecular formula is C12H10N2O2. The van der Waals surface area contributed by atoms with E-state index >= 15 is 0 Å². The molecule has 2 aromatic heterocycles. The van der Waals surface area contributed by atoms with Gasteiger partial charge in [-0.2, -0.15) is 0 Å². The van der Waals surface area contributed by atoms with Gasteiger partial charge in [0.05, 0.1) is 7.11 Å². The molecule has 0 radical (unpaired) electrons. The minimum absolute atomic E-state index is 0.422. The second-order valence-corrected chi connectivity index (χ2v) is 3.18. The van der Waals surface area contributed by atoms with Crippen LogP contribution in [0.2, 0.25) is 0 Å². The third-order valence-corrected chi connectivity index (χ3v) is 2.19. The number of nitrogens with zero attached hydrogens (tertiary/aromatic N) is 2. The maximum absolute atomic E-state index is 10.4. The van der Waals surface area contributed by atoms with Crippen LogP contribution in [0.4, 0.5) is 0 Å². The van der Waals surface area contributed by atoms with E-state index in [-0.39, 0.29) is 0 Å². The lowest BCUT2D eigenvalue weighted by Crippen LogP contribution is -1.89. The summed E-state index contributed by atoms with van der Waals surface area (Å²) in [5.41, 5.74) is 2.27. The normalized spacial score (nSPS) is 9.81. The molecule has 0 unspecified atom stereocenters. The third kappa shape index (κ3) is 2.06. The highest BCUT2D eigenvalue weighted by Crippen LogP contribution is 2.19. The van der Waals surface area contributed by atoms with E-state index in [0.717, 1.165) is 17.4 Å². The summed E-state index contributed by atoms with van der Waals surface area (Å²) in [5.74, 6) is 0.571. The number of methoxy groups -OCH3 is 1. The molecule has 2 rings (SSSR count). The van der Waals surface area contributed by atoms with Crippen molar-refractivity contribution in [2.75, 3.05) is 7.11 Å². The van der Waals surface area contributed by atoms with Crippen molar-refractivity contribution < 1.29 is 9.53 Å². The van der Waals surface area contributed by atoms with Crippen LogP contribution >= 0.6 is 0 Å². The van der Waals surface area contributed by atoms with Gasteiger partial charge >= 0.3 is 0 Å². The van der Waals surface area contributed by atoms with Crippen LogP contribution in [0, 0.1) is 0 Å². The topological polar surface area (TPSA) is 52.1 Å². The molecule has 2 heterocycles. The molecule has 16 heavy (non-hydrogen) atoms. The van der Waals surface area contributed by atoms with Crippen molar-refractivity contribution in [2.45, 2.75) is 0 Å². The van der Waals surface area contributed by atoms with Crippen LogP contribution in [0.5, 0.6) is 5.88 Å². The minimum Gasteiger partial charge on any atom is -0.481 e. The average molecular weight is 214 g/mol. The Morgan fingerprint density at radius 2 is 1.75 bits per heavy atom. The number of aldehydes is 1. The van der Waals surface area contributed by atoms with E-state index in [1.807, 2.05) is 12.1 Å². The van der Waals surface area contributed by atoms with Crippen molar-refractivity contribution in [2.24, 2.45) is 0 Å². The lowest BCUT2D eigenvalue weighted by atomic mass is 10.1. The van der Waals surface area contributed by atoms with Crippen LogP contribution in [-0.4, -0.2) is 23.4 Å². The van der Waals surface area contributed by atoms with Crippen molar-refractivity contribution >= 4 is 6.29 Å². The van der Waals surface area contributed by atoms with Gasteiger partial charge in [-0.1, -0.05) is 6.07 Å². The molecule has 0 fully saturated rings. The quantitative estimate of drug-likeness (QED) is 0.733. The molecule has 0 bridgehead atoms. The molecule has 0 amide bonds. The number of aromatic nitrogens is 2. The Kier molecular flexibility index (Phi) is 2.91. The Hall–Kier alpha value is -2.23. The molecule has 4 heteroatoms. The van der Waals surface area contributed by atoms with Gasteiger partial charge in [0.1, 0.15) is 5.69 Å². The molecule has 0 aromatic carbocycles. The average Bonchev–Trinajstić information content (AvgIpc) is 2.39. The predicted molar refractivity (Wildman–Crippen MR) is 59.4 cm³/mol. The SMILES string of the molecule is COc1ccc(-c2ccc(C=O)nc2)cn1. The van der Waals surface area contributed by atoms with Gasteiger partial charge in [0.25, 0.3) is 0 Å². The Morgan fingerprint density at radius 3 is 2.19 bits per heavy atom. The first kappa shape index (κ1) is 10.3. The van der Waals surface area contributed by atoms with Crippen LogP contribution in [0.15, 0.2) is 36.7 Å². The largest absolute Gasteiger partial charge is 0.481 e. The van der Waals surface area contributed by atoms with E-state index in [2.05, 4.69) is 9.97 Å². The molecule has 0 spiro atoms. The van der Waals surface area contributed by atoms with Crippen LogP contribution in [-0.2, 0) is 0 Å². The van der Waals surface area contributed by atoms with Crippen molar-refractivity contribution in [3.63, 3.8) is 0 Å². The number of hydrogen-bond acceptors (Lipinski definition) is 4. The molecule has 0 aliphatic carbocycles. The number of ether oxygens (including phenoxy) is 1. The van der Waals surface area contributed by atoms with E-state index in [1.54, 1.807) is 31.6 Å². The molecular weight excluding hydrogens is 204 g/mol. The highest BCUT2D eigenvalue weighted by molar-refractivity contribution is 5.73. The Labute approximate surface area is 92.9 Å². The van der Waals surface area contributed by atoms with E-state index in [0.29, 0.717) is 11.6 Å². The summed E-state index contributed by atoms with van der Waals surface area (Å²) in [6.45, 7) is 0. The molecule has 0 N–H and O–H groups in total. The first-order valence-electron chi connectivity index (χ1n) is 4.75. The lowest BCUT2D eigenvalue weighted by molar-refractivity contribution is 0.111. The zero-order valence-corrected chi connectivity index (χ0v) is 8.75. The van der Waals surface area contributed by atoms with Gasteiger partial charge in [0.2, 0.25) is 5.88 Å². The number of carbonyl (C=O) groups is 1. The molecule has 2 aromatic rings. The monoisotopic (exact) mass is 214 g/mol. The van der Waals surface area contributed by atoms with Crippen LogP contribution < -0.4 is 4.74 Å². The summed E-state index contributed by atoms with van der Waals surface area (Å²) in [5, 5.41) is 0. The van der Waals surface area contributed by atoms with Crippen LogP contribution in [0.25, 0.3) is 11.1 Å². The number of hydrogen-bond donors (Lipinski definition) is 0. The highest BCUT2D eigenvalue weighted by Gasteiger charge is 2.00. The summed E-state index contributed by atoms with van der Waals surface area (Å²) >= 11 is 0. The fraction of sp³-hybridized carbons (Fsp3) is 0.0833. The first-order chi connectivity index (χ1) is 7.83. The molecule has 4 nitrogen and oxygen atoms in total.